The van der Waals surface area contributed by atoms with Gasteiger partial charge in [0.05, 0.1) is 25.6 Å². The second-order valence-electron chi connectivity index (χ2n) is 6.25. The number of aryl methyl sites for hydroxylation is 1. The second-order valence-corrected chi connectivity index (χ2v) is 8.26. The number of nitrogens with zero attached hydrogens (tertiary/aromatic N) is 3. The van der Waals surface area contributed by atoms with Crippen LogP contribution in [0.15, 0.2) is 41.4 Å². The molecule has 4 N–H and O–H groups in total. The van der Waals surface area contributed by atoms with Crippen molar-refractivity contribution >= 4 is 45.3 Å². The minimum Gasteiger partial charge on any atom is -0.493 e. The van der Waals surface area contributed by atoms with E-state index in [4.69, 9.17) is 26.2 Å². The molecule has 0 radical (unpaired) electrons. The number of nitrogens with two attached hydrogens (primary N) is 2. The van der Waals surface area contributed by atoms with Gasteiger partial charge in [0.2, 0.25) is 0 Å². The Kier molecular flexibility index (Phi) is 8.85. The van der Waals surface area contributed by atoms with Crippen molar-refractivity contribution in [2.45, 2.75) is 12.7 Å². The lowest BCUT2D eigenvalue weighted by atomic mass is 10.1. The number of ether oxygens (including phenoxy) is 2. The van der Waals surface area contributed by atoms with E-state index >= 15 is 0 Å². The number of thioether (sulfide) groups is 2. The number of aliphatic imine (C=N–C) groups is 1. The Morgan fingerprint density at radius 1 is 1.13 bits per heavy atom. The number of hydrogen-bond donors (Lipinski definition) is 2. The first-order chi connectivity index (χ1) is 14.3. The number of hydrazine groups is 2. The molecule has 0 aliphatic heterocycles. The Bertz CT molecular complexity index is 921. The van der Waals surface area contributed by atoms with Crippen molar-refractivity contribution in [2.24, 2.45) is 16.7 Å². The van der Waals surface area contributed by atoms with E-state index in [1.54, 1.807) is 32.0 Å². The Morgan fingerprint density at radius 3 is 2.43 bits per heavy atom. The molecule has 2 aromatic carbocycles. The van der Waals surface area contributed by atoms with Crippen LogP contribution in [-0.2, 0) is 5.75 Å². The second kappa shape index (κ2) is 11.1. The molecule has 0 aliphatic carbocycles. The molecule has 2 aromatic rings. The van der Waals surface area contributed by atoms with E-state index in [0.29, 0.717) is 22.9 Å². The van der Waals surface area contributed by atoms with Crippen molar-refractivity contribution in [1.82, 2.24) is 5.01 Å². The standard InChI is InChI=1S/C20H27N5O3S2/c1-13-7-6-8-16(25(22)20(26)24(2)21)15(13)12-30-19(29-5)23-14-9-10-17(27-3)18(11-14)28-4/h6-11H,12,21-22H2,1-5H3/b23-19-. The lowest BCUT2D eigenvalue weighted by Gasteiger charge is -2.24. The third-order valence-corrected chi connectivity index (χ3v) is 6.32. The maximum atomic E-state index is 12.2. The van der Waals surface area contributed by atoms with E-state index in [9.17, 15) is 4.79 Å². The molecule has 2 rings (SSSR count). The van der Waals surface area contributed by atoms with Crippen LogP contribution >= 0.6 is 23.5 Å². The normalized spacial score (nSPS) is 11.2. The zero-order valence-corrected chi connectivity index (χ0v) is 19.3. The molecule has 30 heavy (non-hydrogen) atoms. The minimum atomic E-state index is -0.504. The van der Waals surface area contributed by atoms with Crippen LogP contribution in [0.3, 0.4) is 0 Å². The van der Waals surface area contributed by atoms with Gasteiger partial charge in [-0.2, -0.15) is 0 Å². The Labute approximate surface area is 185 Å². The van der Waals surface area contributed by atoms with Crippen molar-refractivity contribution < 1.29 is 14.3 Å². The average Bonchev–Trinajstić information content (AvgIpc) is 2.75. The van der Waals surface area contributed by atoms with Gasteiger partial charge in [-0.1, -0.05) is 23.9 Å². The van der Waals surface area contributed by atoms with Gasteiger partial charge in [-0.3, -0.25) is 5.01 Å². The van der Waals surface area contributed by atoms with Gasteiger partial charge < -0.3 is 9.47 Å². The van der Waals surface area contributed by atoms with Crippen molar-refractivity contribution in [1.29, 1.82) is 0 Å². The first kappa shape index (κ1) is 23.9. The predicted molar refractivity (Wildman–Crippen MR) is 127 cm³/mol. The topological polar surface area (TPSA) is 106 Å². The maximum Gasteiger partial charge on any atom is 0.352 e. The number of amides is 2. The molecule has 0 aliphatic rings. The molecule has 0 saturated heterocycles. The van der Waals surface area contributed by atoms with Gasteiger partial charge in [-0.05, 0) is 42.5 Å². The molecule has 0 heterocycles. The summed E-state index contributed by atoms with van der Waals surface area (Å²) >= 11 is 3.10. The number of methoxy groups -OCH3 is 2. The molecule has 0 bridgehead atoms. The summed E-state index contributed by atoms with van der Waals surface area (Å²) < 4.78 is 11.5. The highest BCUT2D eigenvalue weighted by molar-refractivity contribution is 8.38. The molecule has 0 atom stereocenters. The van der Waals surface area contributed by atoms with Crippen LogP contribution in [0.2, 0.25) is 0 Å². The predicted octanol–water partition coefficient (Wildman–Crippen LogP) is 3.90. The van der Waals surface area contributed by atoms with Crippen molar-refractivity contribution in [3.05, 3.63) is 47.5 Å². The van der Waals surface area contributed by atoms with E-state index in [1.807, 2.05) is 43.5 Å². The van der Waals surface area contributed by atoms with Crippen LogP contribution in [0.25, 0.3) is 0 Å². The molecule has 0 fully saturated rings. The fourth-order valence-electron chi connectivity index (χ4n) is 2.64. The summed E-state index contributed by atoms with van der Waals surface area (Å²) in [6.45, 7) is 1.98. The van der Waals surface area contributed by atoms with Crippen molar-refractivity contribution in [3.63, 3.8) is 0 Å². The summed E-state index contributed by atoms with van der Waals surface area (Å²) in [5.74, 6) is 13.4. The molecular weight excluding hydrogens is 422 g/mol. The minimum absolute atomic E-state index is 0.504. The first-order valence-electron chi connectivity index (χ1n) is 8.95. The number of anilines is 1. The van der Waals surface area contributed by atoms with E-state index in [2.05, 4.69) is 0 Å². The van der Waals surface area contributed by atoms with Gasteiger partial charge in [-0.15, -0.1) is 11.8 Å². The quantitative estimate of drug-likeness (QED) is 0.226. The maximum absolute atomic E-state index is 12.2. The Balaban J connectivity index is 2.27. The molecule has 0 spiro atoms. The lowest BCUT2D eigenvalue weighted by molar-refractivity contribution is 0.216. The summed E-state index contributed by atoms with van der Waals surface area (Å²) in [4.78, 5) is 16.9. The van der Waals surface area contributed by atoms with Gasteiger partial charge in [-0.25, -0.2) is 26.5 Å². The van der Waals surface area contributed by atoms with E-state index in [-0.39, 0.29) is 0 Å². The first-order valence-corrected chi connectivity index (χ1v) is 11.2. The third-order valence-electron chi connectivity index (χ3n) is 4.25. The average molecular weight is 450 g/mol. The SMILES string of the molecule is COc1ccc(/N=C(/SC)SCc2c(C)cccc2N(N)C(=O)N(C)N)cc1OC. The van der Waals surface area contributed by atoms with E-state index in [1.165, 1.54) is 18.8 Å². The van der Waals surface area contributed by atoms with Gasteiger partial charge >= 0.3 is 6.03 Å². The molecule has 2 amide bonds. The number of benzene rings is 2. The number of carbonyl (C=O) groups is 1. The summed E-state index contributed by atoms with van der Waals surface area (Å²) in [6, 6.07) is 10.6. The Hall–Kier alpha value is -2.40. The summed E-state index contributed by atoms with van der Waals surface area (Å²) in [6.07, 6.45) is 1.97. The fraction of sp³-hybridized carbons (Fsp3) is 0.300. The Morgan fingerprint density at radius 2 is 1.83 bits per heavy atom. The van der Waals surface area contributed by atoms with E-state index in [0.717, 1.165) is 31.2 Å². The summed E-state index contributed by atoms with van der Waals surface area (Å²) in [7, 11) is 4.64. The van der Waals surface area contributed by atoms with Gasteiger partial charge in [0.1, 0.15) is 4.38 Å². The van der Waals surface area contributed by atoms with Crippen molar-refractivity contribution in [2.75, 3.05) is 32.5 Å². The molecule has 10 heteroatoms. The largest absolute Gasteiger partial charge is 0.493 e. The molecule has 0 saturated carbocycles. The lowest BCUT2D eigenvalue weighted by Crippen LogP contribution is -2.49. The highest BCUT2D eigenvalue weighted by Gasteiger charge is 2.19. The molecule has 0 aromatic heterocycles. The molecule has 8 nitrogen and oxygen atoms in total. The van der Waals surface area contributed by atoms with Gasteiger partial charge in [0.25, 0.3) is 0 Å². The molecule has 162 valence electrons. The number of hydrogen-bond acceptors (Lipinski definition) is 8. The van der Waals surface area contributed by atoms with Gasteiger partial charge in [0.15, 0.2) is 11.5 Å². The zero-order valence-electron chi connectivity index (χ0n) is 17.7. The van der Waals surface area contributed by atoms with Crippen LogP contribution in [0.1, 0.15) is 11.1 Å². The zero-order chi connectivity index (χ0) is 22.3. The highest BCUT2D eigenvalue weighted by atomic mass is 32.2. The summed E-state index contributed by atoms with van der Waals surface area (Å²) in [5, 5.41) is 2.01. The summed E-state index contributed by atoms with van der Waals surface area (Å²) in [5.41, 5.74) is 3.33. The van der Waals surface area contributed by atoms with Crippen molar-refractivity contribution in [3.8, 4) is 11.5 Å². The van der Waals surface area contributed by atoms with Crippen LogP contribution in [0, 0.1) is 6.92 Å². The smallest absolute Gasteiger partial charge is 0.352 e. The number of urea groups is 1. The third kappa shape index (κ3) is 5.82. The molecular formula is C20H27N5O3S2. The van der Waals surface area contributed by atoms with Crippen LogP contribution in [0.5, 0.6) is 11.5 Å². The monoisotopic (exact) mass is 449 g/mol. The molecule has 0 unspecified atom stereocenters. The number of rotatable bonds is 6. The van der Waals surface area contributed by atoms with Crippen LogP contribution in [0.4, 0.5) is 16.2 Å². The highest BCUT2D eigenvalue weighted by Crippen LogP contribution is 2.34. The van der Waals surface area contributed by atoms with E-state index < -0.39 is 6.03 Å². The number of carbonyl (C=O) groups excluding carboxylic acids is 1. The van der Waals surface area contributed by atoms with Crippen LogP contribution < -0.4 is 26.2 Å². The fourth-order valence-corrected chi connectivity index (χ4v) is 4.30. The van der Waals surface area contributed by atoms with Gasteiger partial charge in [0, 0.05) is 18.9 Å². The van der Waals surface area contributed by atoms with Crippen LogP contribution in [-0.4, -0.2) is 42.9 Å².